The predicted molar refractivity (Wildman–Crippen MR) is 101 cm³/mol. The number of nitrogens with zero attached hydrogens (tertiary/aromatic N) is 1. The van der Waals surface area contributed by atoms with Gasteiger partial charge in [-0.2, -0.15) is 4.31 Å². The molecule has 0 bridgehead atoms. The molecule has 3 rings (SSSR count). The minimum Gasteiger partial charge on any atom is -0.352 e. The summed E-state index contributed by atoms with van der Waals surface area (Å²) in [5, 5.41) is 6.20. The molecule has 1 aromatic rings. The predicted octanol–water partition coefficient (Wildman–Crippen LogP) is 1.44. The molecule has 0 aliphatic carbocycles. The van der Waals surface area contributed by atoms with Gasteiger partial charge in [-0.3, -0.25) is 4.79 Å². The molecule has 0 atom stereocenters. The molecule has 2 N–H and O–H groups in total. The maximum absolute atomic E-state index is 12.5. The fraction of sp³-hybridized carbons (Fsp3) is 0.526. The van der Waals surface area contributed by atoms with Gasteiger partial charge in [-0.05, 0) is 49.9 Å². The van der Waals surface area contributed by atoms with Gasteiger partial charge >= 0.3 is 0 Å². The topological polar surface area (TPSA) is 78.5 Å². The highest BCUT2D eigenvalue weighted by Gasteiger charge is 2.26. The molecule has 2 heterocycles. The van der Waals surface area contributed by atoms with Crippen LogP contribution in [0.2, 0.25) is 0 Å². The molecule has 1 aromatic carbocycles. The summed E-state index contributed by atoms with van der Waals surface area (Å²) in [5.41, 5.74) is 2.25. The Morgan fingerprint density at radius 1 is 1.15 bits per heavy atom. The third-order valence-electron chi connectivity index (χ3n) is 4.94. The molecule has 142 valence electrons. The number of carbonyl (C=O) groups excluding carboxylic acids is 1. The van der Waals surface area contributed by atoms with Crippen molar-refractivity contribution in [3.63, 3.8) is 0 Å². The van der Waals surface area contributed by atoms with Crippen LogP contribution in [0.15, 0.2) is 40.8 Å². The van der Waals surface area contributed by atoms with Crippen molar-refractivity contribution in [3.05, 3.63) is 41.5 Å². The molecule has 1 saturated heterocycles. The molecule has 0 saturated carbocycles. The van der Waals surface area contributed by atoms with E-state index in [0.717, 1.165) is 37.9 Å². The van der Waals surface area contributed by atoms with Gasteiger partial charge in [0.05, 0.1) is 4.90 Å². The van der Waals surface area contributed by atoms with E-state index in [9.17, 15) is 13.2 Å². The van der Waals surface area contributed by atoms with Crippen LogP contribution in [-0.4, -0.2) is 51.4 Å². The minimum atomic E-state index is -3.37. The van der Waals surface area contributed by atoms with Gasteiger partial charge in [-0.15, -0.1) is 0 Å². The van der Waals surface area contributed by atoms with E-state index >= 15 is 0 Å². The summed E-state index contributed by atoms with van der Waals surface area (Å²) in [7, 11) is -3.37. The molecular formula is C19H27N3O3S. The van der Waals surface area contributed by atoms with Crippen LogP contribution in [0, 0.1) is 0 Å². The highest BCUT2D eigenvalue weighted by atomic mass is 32.2. The first-order chi connectivity index (χ1) is 12.6. The van der Waals surface area contributed by atoms with Gasteiger partial charge in [0.25, 0.3) is 0 Å². The molecule has 7 heteroatoms. The number of sulfonamides is 1. The summed E-state index contributed by atoms with van der Waals surface area (Å²) in [6.07, 6.45) is 5.98. The standard InChI is InChI=1S/C19H27N3O3S/c23-19(21-15-17-9-11-20-12-10-17)8-5-16-3-6-18(7-4-16)26(24,25)22-13-1-2-14-22/h3-4,6-7,9,20H,1-2,5,8,10-15H2,(H,21,23). The quantitative estimate of drug-likeness (QED) is 0.705. The third kappa shape index (κ3) is 4.93. The van der Waals surface area contributed by atoms with Crippen LogP contribution in [0.25, 0.3) is 0 Å². The van der Waals surface area contributed by atoms with Crippen molar-refractivity contribution >= 4 is 15.9 Å². The normalized spacial score (nSPS) is 18.5. The maximum atomic E-state index is 12.5. The van der Waals surface area contributed by atoms with E-state index in [-0.39, 0.29) is 5.91 Å². The van der Waals surface area contributed by atoms with E-state index in [2.05, 4.69) is 16.7 Å². The van der Waals surface area contributed by atoms with Crippen LogP contribution in [0.5, 0.6) is 0 Å². The van der Waals surface area contributed by atoms with Crippen LogP contribution in [0.3, 0.4) is 0 Å². The lowest BCUT2D eigenvalue weighted by Gasteiger charge is -2.16. The average Bonchev–Trinajstić information content (AvgIpc) is 3.21. The van der Waals surface area contributed by atoms with Crippen molar-refractivity contribution in [2.75, 3.05) is 32.7 Å². The summed E-state index contributed by atoms with van der Waals surface area (Å²) in [5.74, 6) is 0.0261. The first-order valence-corrected chi connectivity index (χ1v) is 10.7. The number of amides is 1. The van der Waals surface area contributed by atoms with Gasteiger partial charge in [0.2, 0.25) is 15.9 Å². The molecule has 6 nitrogen and oxygen atoms in total. The lowest BCUT2D eigenvalue weighted by Crippen LogP contribution is -2.29. The van der Waals surface area contributed by atoms with Crippen molar-refractivity contribution in [1.29, 1.82) is 0 Å². The molecule has 26 heavy (non-hydrogen) atoms. The molecule has 2 aliphatic heterocycles. The second-order valence-electron chi connectivity index (χ2n) is 6.85. The number of hydrogen-bond acceptors (Lipinski definition) is 4. The molecule has 0 spiro atoms. The van der Waals surface area contributed by atoms with E-state index in [0.29, 0.717) is 37.4 Å². The number of aryl methyl sites for hydroxylation is 1. The van der Waals surface area contributed by atoms with E-state index in [1.165, 1.54) is 5.57 Å². The van der Waals surface area contributed by atoms with Gasteiger partial charge < -0.3 is 10.6 Å². The van der Waals surface area contributed by atoms with Gasteiger partial charge in [0.1, 0.15) is 0 Å². The van der Waals surface area contributed by atoms with Crippen LogP contribution >= 0.6 is 0 Å². The van der Waals surface area contributed by atoms with E-state index in [1.54, 1.807) is 16.4 Å². The number of hydrogen-bond donors (Lipinski definition) is 2. The van der Waals surface area contributed by atoms with Crippen LogP contribution in [0.4, 0.5) is 0 Å². The lowest BCUT2D eigenvalue weighted by atomic mass is 10.1. The van der Waals surface area contributed by atoms with Crippen molar-refractivity contribution in [2.24, 2.45) is 0 Å². The molecule has 1 amide bonds. The van der Waals surface area contributed by atoms with Crippen molar-refractivity contribution in [3.8, 4) is 0 Å². The molecule has 0 aromatic heterocycles. The fourth-order valence-electron chi connectivity index (χ4n) is 3.29. The number of carbonyl (C=O) groups is 1. The third-order valence-corrected chi connectivity index (χ3v) is 6.85. The van der Waals surface area contributed by atoms with Crippen LogP contribution < -0.4 is 10.6 Å². The number of benzene rings is 1. The molecule has 2 aliphatic rings. The van der Waals surface area contributed by atoms with Crippen molar-refractivity contribution in [1.82, 2.24) is 14.9 Å². The summed E-state index contributed by atoms with van der Waals surface area (Å²) in [4.78, 5) is 12.3. The number of nitrogens with one attached hydrogen (secondary N) is 2. The smallest absolute Gasteiger partial charge is 0.243 e. The first kappa shape index (κ1) is 19.1. The first-order valence-electron chi connectivity index (χ1n) is 9.30. The second kappa shape index (κ2) is 8.79. The zero-order valence-corrected chi connectivity index (χ0v) is 15.9. The minimum absolute atomic E-state index is 0.0261. The molecule has 0 radical (unpaired) electrons. The van der Waals surface area contributed by atoms with Crippen molar-refractivity contribution in [2.45, 2.75) is 37.0 Å². The Morgan fingerprint density at radius 3 is 2.54 bits per heavy atom. The van der Waals surface area contributed by atoms with E-state index < -0.39 is 10.0 Å². The SMILES string of the molecule is O=C(CCc1ccc(S(=O)(=O)N2CCCC2)cc1)NCC1=CCNCC1. The zero-order chi connectivity index (χ0) is 18.4. The Hall–Kier alpha value is -1.70. The molecular weight excluding hydrogens is 350 g/mol. The van der Waals surface area contributed by atoms with Crippen molar-refractivity contribution < 1.29 is 13.2 Å². The molecule has 1 fully saturated rings. The molecule has 0 unspecified atom stereocenters. The summed E-state index contributed by atoms with van der Waals surface area (Å²) in [6.45, 7) is 3.67. The maximum Gasteiger partial charge on any atom is 0.243 e. The summed E-state index contributed by atoms with van der Waals surface area (Å²) < 4.78 is 26.5. The Morgan fingerprint density at radius 2 is 1.88 bits per heavy atom. The Kier molecular flexibility index (Phi) is 6.45. The Balaban J connectivity index is 1.48. The van der Waals surface area contributed by atoms with Gasteiger partial charge in [0.15, 0.2) is 0 Å². The largest absolute Gasteiger partial charge is 0.352 e. The van der Waals surface area contributed by atoms with E-state index in [4.69, 9.17) is 0 Å². The van der Waals surface area contributed by atoms with Gasteiger partial charge in [0, 0.05) is 32.6 Å². The van der Waals surface area contributed by atoms with Gasteiger partial charge in [-0.1, -0.05) is 23.8 Å². The Bertz CT molecular complexity index is 751. The lowest BCUT2D eigenvalue weighted by molar-refractivity contribution is -0.120. The van der Waals surface area contributed by atoms with Gasteiger partial charge in [-0.25, -0.2) is 8.42 Å². The average molecular weight is 378 g/mol. The highest BCUT2D eigenvalue weighted by Crippen LogP contribution is 2.21. The fourth-order valence-corrected chi connectivity index (χ4v) is 4.81. The highest BCUT2D eigenvalue weighted by molar-refractivity contribution is 7.89. The summed E-state index contributed by atoms with van der Waals surface area (Å²) in [6, 6.07) is 6.93. The van der Waals surface area contributed by atoms with Crippen LogP contribution in [-0.2, 0) is 21.2 Å². The summed E-state index contributed by atoms with van der Waals surface area (Å²) >= 11 is 0. The monoisotopic (exact) mass is 377 g/mol. The van der Waals surface area contributed by atoms with E-state index in [1.807, 2.05) is 12.1 Å². The second-order valence-corrected chi connectivity index (χ2v) is 8.79. The Labute approximate surface area is 155 Å². The zero-order valence-electron chi connectivity index (χ0n) is 15.0. The van der Waals surface area contributed by atoms with Crippen LogP contribution in [0.1, 0.15) is 31.2 Å². The number of rotatable bonds is 7.